The third kappa shape index (κ3) is 3.85. The number of esters is 1. The molecule has 0 radical (unpaired) electrons. The highest BCUT2D eigenvalue weighted by molar-refractivity contribution is 5.82. The minimum absolute atomic E-state index is 0.223. The van der Waals surface area contributed by atoms with Crippen LogP contribution >= 0.6 is 0 Å². The molecule has 5 nitrogen and oxygen atoms in total. The second kappa shape index (κ2) is 7.81. The van der Waals surface area contributed by atoms with Gasteiger partial charge >= 0.3 is 5.97 Å². The lowest BCUT2D eigenvalue weighted by atomic mass is 10.0. The van der Waals surface area contributed by atoms with Gasteiger partial charge in [0.25, 0.3) is 0 Å². The van der Waals surface area contributed by atoms with E-state index >= 15 is 0 Å². The van der Waals surface area contributed by atoms with Crippen LogP contribution in [-0.4, -0.2) is 34.7 Å². The molecule has 1 unspecified atom stereocenters. The Bertz CT molecular complexity index is 694. The van der Waals surface area contributed by atoms with E-state index in [-0.39, 0.29) is 12.0 Å². The fourth-order valence-corrected chi connectivity index (χ4v) is 3.10. The molecular weight excluding hydrogens is 302 g/mol. The molecule has 2 heterocycles. The Labute approximate surface area is 142 Å². The molecule has 24 heavy (non-hydrogen) atoms. The van der Waals surface area contributed by atoms with Crippen molar-refractivity contribution in [3.8, 4) is 5.69 Å². The van der Waals surface area contributed by atoms with Crippen LogP contribution in [-0.2, 0) is 9.53 Å². The molecule has 1 aromatic carbocycles. The Morgan fingerprint density at radius 2 is 2.25 bits per heavy atom. The first-order valence-electron chi connectivity index (χ1n) is 8.48. The van der Waals surface area contributed by atoms with E-state index in [1.54, 1.807) is 18.6 Å². The molecule has 1 aliphatic rings. The molecule has 2 aromatic rings. The van der Waals surface area contributed by atoms with Crippen LogP contribution in [0.2, 0.25) is 0 Å². The Hall–Kier alpha value is -2.56. The van der Waals surface area contributed by atoms with Crippen LogP contribution in [0.5, 0.6) is 0 Å². The fraction of sp³-hybridized carbons (Fsp3) is 0.368. The molecule has 5 heteroatoms. The number of carbonyl (C=O) groups excluding carboxylic acids is 1. The normalized spacial score (nSPS) is 18.0. The summed E-state index contributed by atoms with van der Waals surface area (Å²) in [6.07, 6.45) is 12.4. The first kappa shape index (κ1) is 16.3. The number of nitrogens with zero attached hydrogens (tertiary/aromatic N) is 3. The number of piperidine rings is 1. The number of anilines is 1. The third-order valence-corrected chi connectivity index (χ3v) is 4.25. The van der Waals surface area contributed by atoms with Gasteiger partial charge in [0.2, 0.25) is 0 Å². The Balaban J connectivity index is 1.80. The number of rotatable bonds is 5. The van der Waals surface area contributed by atoms with E-state index < -0.39 is 0 Å². The molecule has 3 rings (SSSR count). The summed E-state index contributed by atoms with van der Waals surface area (Å²) in [5.74, 6) is -0.268. The molecule has 1 atom stereocenters. The van der Waals surface area contributed by atoms with Gasteiger partial charge in [-0.2, -0.15) is 0 Å². The second-order valence-electron chi connectivity index (χ2n) is 5.86. The monoisotopic (exact) mass is 325 g/mol. The van der Waals surface area contributed by atoms with Crippen LogP contribution < -0.4 is 4.90 Å². The second-order valence-corrected chi connectivity index (χ2v) is 5.86. The lowest BCUT2D eigenvalue weighted by molar-refractivity contribution is -0.137. The summed E-state index contributed by atoms with van der Waals surface area (Å²) < 4.78 is 6.98. The van der Waals surface area contributed by atoms with Crippen LogP contribution in [0, 0.1) is 0 Å². The number of aromatic nitrogens is 2. The maximum Gasteiger partial charge on any atom is 0.330 e. The van der Waals surface area contributed by atoms with Crippen molar-refractivity contribution in [3.63, 3.8) is 0 Å². The van der Waals surface area contributed by atoms with Crippen LogP contribution in [0.25, 0.3) is 5.69 Å². The van der Waals surface area contributed by atoms with Crippen molar-refractivity contribution in [2.75, 3.05) is 18.1 Å². The van der Waals surface area contributed by atoms with Gasteiger partial charge in [-0.25, -0.2) is 9.78 Å². The summed E-state index contributed by atoms with van der Waals surface area (Å²) >= 11 is 0. The van der Waals surface area contributed by atoms with E-state index in [0.29, 0.717) is 6.61 Å². The van der Waals surface area contributed by atoms with Crippen molar-refractivity contribution < 1.29 is 9.53 Å². The summed E-state index contributed by atoms with van der Waals surface area (Å²) in [6.45, 7) is 3.22. The molecule has 1 aromatic heterocycles. The van der Waals surface area contributed by atoms with Gasteiger partial charge in [-0.1, -0.05) is 12.1 Å². The Morgan fingerprint density at radius 1 is 1.38 bits per heavy atom. The van der Waals surface area contributed by atoms with Gasteiger partial charge < -0.3 is 14.2 Å². The van der Waals surface area contributed by atoms with E-state index in [4.69, 9.17) is 4.74 Å². The first-order valence-corrected chi connectivity index (χ1v) is 8.48. The summed E-state index contributed by atoms with van der Waals surface area (Å²) in [6, 6.07) is 8.64. The molecule has 1 saturated heterocycles. The largest absolute Gasteiger partial charge is 0.463 e. The number of hydrogen-bond donors (Lipinski definition) is 0. The highest BCUT2D eigenvalue weighted by atomic mass is 16.5. The van der Waals surface area contributed by atoms with Crippen molar-refractivity contribution in [2.45, 2.75) is 32.2 Å². The van der Waals surface area contributed by atoms with Crippen molar-refractivity contribution in [2.24, 2.45) is 0 Å². The summed E-state index contributed by atoms with van der Waals surface area (Å²) in [7, 11) is 0. The first-order chi connectivity index (χ1) is 11.8. The van der Waals surface area contributed by atoms with Gasteiger partial charge in [-0.3, -0.25) is 0 Å². The number of benzene rings is 1. The van der Waals surface area contributed by atoms with Gasteiger partial charge in [-0.15, -0.1) is 0 Å². The maximum atomic E-state index is 11.6. The summed E-state index contributed by atoms with van der Waals surface area (Å²) in [5, 5.41) is 0. The van der Waals surface area contributed by atoms with E-state index in [0.717, 1.165) is 18.7 Å². The van der Waals surface area contributed by atoms with E-state index in [2.05, 4.69) is 34.1 Å². The van der Waals surface area contributed by atoms with Crippen LogP contribution in [0.15, 0.2) is 55.1 Å². The maximum absolute atomic E-state index is 11.6. The van der Waals surface area contributed by atoms with Gasteiger partial charge in [0, 0.05) is 42.4 Å². The quantitative estimate of drug-likeness (QED) is 0.625. The van der Waals surface area contributed by atoms with Gasteiger partial charge in [0.15, 0.2) is 0 Å². The average molecular weight is 325 g/mol. The van der Waals surface area contributed by atoms with Crippen molar-refractivity contribution >= 4 is 11.7 Å². The third-order valence-electron chi connectivity index (χ3n) is 4.25. The zero-order valence-corrected chi connectivity index (χ0v) is 14.0. The topological polar surface area (TPSA) is 47.4 Å². The van der Waals surface area contributed by atoms with Gasteiger partial charge in [0.05, 0.1) is 12.9 Å². The molecule has 0 saturated carbocycles. The average Bonchev–Trinajstić information content (AvgIpc) is 3.15. The van der Waals surface area contributed by atoms with Crippen molar-refractivity contribution in [1.82, 2.24) is 9.55 Å². The molecule has 0 spiro atoms. The summed E-state index contributed by atoms with van der Waals surface area (Å²) in [5.41, 5.74) is 2.25. The SMILES string of the molecule is CCOC(=O)C=CC1CCCCN1c1cccc(-n2ccnc2)c1. The fourth-order valence-electron chi connectivity index (χ4n) is 3.10. The molecule has 0 N–H and O–H groups in total. The zero-order valence-electron chi connectivity index (χ0n) is 14.0. The number of hydrogen-bond acceptors (Lipinski definition) is 4. The summed E-state index contributed by atoms with van der Waals surface area (Å²) in [4.78, 5) is 18.1. The number of imidazole rings is 1. The molecule has 0 bridgehead atoms. The predicted molar refractivity (Wildman–Crippen MR) is 94.3 cm³/mol. The highest BCUT2D eigenvalue weighted by Gasteiger charge is 2.21. The standard InChI is InChI=1S/C19H23N3O2/c1-2-24-19(23)10-9-16-6-3-4-12-22(16)18-8-5-7-17(14-18)21-13-11-20-15-21/h5,7-11,13-16H,2-4,6,12H2,1H3. The van der Waals surface area contributed by atoms with E-state index in [1.807, 2.05) is 23.8 Å². The van der Waals surface area contributed by atoms with Crippen LogP contribution in [0.4, 0.5) is 5.69 Å². The van der Waals surface area contributed by atoms with Crippen molar-refractivity contribution in [1.29, 1.82) is 0 Å². The van der Waals surface area contributed by atoms with Crippen molar-refractivity contribution in [3.05, 3.63) is 55.1 Å². The minimum atomic E-state index is -0.268. The van der Waals surface area contributed by atoms with E-state index in [9.17, 15) is 4.79 Å². The number of ether oxygens (including phenoxy) is 1. The predicted octanol–water partition coefficient (Wildman–Crippen LogP) is 3.35. The Kier molecular flexibility index (Phi) is 5.31. The Morgan fingerprint density at radius 3 is 3.04 bits per heavy atom. The molecule has 1 fully saturated rings. The lowest BCUT2D eigenvalue weighted by Crippen LogP contribution is -2.38. The number of carbonyl (C=O) groups is 1. The minimum Gasteiger partial charge on any atom is -0.463 e. The van der Waals surface area contributed by atoms with Gasteiger partial charge in [0.1, 0.15) is 0 Å². The highest BCUT2D eigenvalue weighted by Crippen LogP contribution is 2.27. The molecule has 126 valence electrons. The lowest BCUT2D eigenvalue weighted by Gasteiger charge is -2.36. The van der Waals surface area contributed by atoms with Crippen LogP contribution in [0.1, 0.15) is 26.2 Å². The van der Waals surface area contributed by atoms with E-state index in [1.165, 1.54) is 18.5 Å². The molecule has 1 aliphatic heterocycles. The smallest absolute Gasteiger partial charge is 0.330 e. The molecule has 0 aliphatic carbocycles. The zero-order chi connectivity index (χ0) is 16.8. The van der Waals surface area contributed by atoms with Crippen LogP contribution in [0.3, 0.4) is 0 Å². The van der Waals surface area contributed by atoms with Gasteiger partial charge in [-0.05, 0) is 44.4 Å². The molecule has 0 amide bonds. The molecular formula is C19H23N3O2.